The Kier molecular flexibility index (Phi) is 7.09. The van der Waals surface area contributed by atoms with Crippen LogP contribution in [0.25, 0.3) is 0 Å². The van der Waals surface area contributed by atoms with E-state index < -0.39 is 29.2 Å². The number of thioether (sulfide) groups is 2. The smallest absolute Gasteiger partial charge is 0.352 e. The van der Waals surface area contributed by atoms with Crippen molar-refractivity contribution >= 4 is 63.5 Å². The molecule has 2 amide bonds. The van der Waals surface area contributed by atoms with Gasteiger partial charge in [-0.3, -0.25) is 14.5 Å². The Morgan fingerprint density at radius 1 is 1.47 bits per heavy atom. The molecule has 2 aliphatic rings. The zero-order chi connectivity index (χ0) is 24.4. The molecule has 14 heteroatoms. The minimum Gasteiger partial charge on any atom is -0.477 e. The van der Waals surface area contributed by atoms with Gasteiger partial charge in [-0.25, -0.2) is 9.78 Å². The number of oxime groups is 1. The third kappa shape index (κ3) is 4.60. The van der Waals surface area contributed by atoms with Crippen molar-refractivity contribution in [3.05, 3.63) is 46.7 Å². The molecule has 0 saturated carbocycles. The molecule has 0 bridgehead atoms. The van der Waals surface area contributed by atoms with Crippen LogP contribution in [-0.4, -0.2) is 68.5 Å². The fourth-order valence-electron chi connectivity index (χ4n) is 3.51. The van der Waals surface area contributed by atoms with Crippen molar-refractivity contribution in [2.45, 2.75) is 16.4 Å². The molecule has 1 saturated heterocycles. The number of aryl methyl sites for hydroxylation is 1. The van der Waals surface area contributed by atoms with E-state index in [1.807, 2.05) is 36.0 Å². The summed E-state index contributed by atoms with van der Waals surface area (Å²) in [6, 6.07) is 4.87. The van der Waals surface area contributed by atoms with E-state index in [0.29, 0.717) is 17.1 Å². The number of β-lactam (4-membered cyclic amide) rings is 1. The molecule has 34 heavy (non-hydrogen) atoms. The van der Waals surface area contributed by atoms with Crippen LogP contribution >= 0.6 is 34.9 Å². The molecule has 4 rings (SSSR count). The molecule has 0 aliphatic carbocycles. The first-order valence-corrected chi connectivity index (χ1v) is 12.8. The summed E-state index contributed by atoms with van der Waals surface area (Å²) in [5.41, 5.74) is 6.37. The summed E-state index contributed by atoms with van der Waals surface area (Å²) in [7, 11) is 3.20. The van der Waals surface area contributed by atoms with Crippen LogP contribution in [0.1, 0.15) is 5.69 Å². The highest BCUT2D eigenvalue weighted by Crippen LogP contribution is 2.41. The Hall–Kier alpha value is -3.10. The van der Waals surface area contributed by atoms with Crippen LogP contribution in [0.2, 0.25) is 0 Å². The molecule has 4 N–H and O–H groups in total. The summed E-state index contributed by atoms with van der Waals surface area (Å²) >= 11 is 4.04. The number of nitrogens with one attached hydrogen (secondary N) is 1. The number of hydrogen-bond acceptors (Lipinski definition) is 10. The molecule has 2 aliphatic heterocycles. The maximum absolute atomic E-state index is 12.9. The molecule has 178 valence electrons. The maximum Gasteiger partial charge on any atom is 0.352 e. The minimum absolute atomic E-state index is 0.0246. The van der Waals surface area contributed by atoms with Gasteiger partial charge in [0.05, 0.1) is 0 Å². The lowest BCUT2D eigenvalue weighted by molar-refractivity contribution is -0.708. The lowest BCUT2D eigenvalue weighted by Crippen LogP contribution is -2.71. The second kappa shape index (κ2) is 10.0. The van der Waals surface area contributed by atoms with Crippen LogP contribution in [0, 0.1) is 0 Å². The number of aromatic nitrogens is 2. The van der Waals surface area contributed by atoms with Gasteiger partial charge in [-0.1, -0.05) is 16.9 Å². The predicted octanol–water partition coefficient (Wildman–Crippen LogP) is 0.431. The van der Waals surface area contributed by atoms with E-state index in [9.17, 15) is 19.5 Å². The van der Waals surface area contributed by atoms with Gasteiger partial charge in [-0.05, 0) is 11.6 Å². The van der Waals surface area contributed by atoms with Gasteiger partial charge in [-0.15, -0.1) is 23.1 Å². The number of aliphatic carboxylic acids is 1. The van der Waals surface area contributed by atoms with E-state index in [2.05, 4.69) is 15.5 Å². The Morgan fingerprint density at radius 3 is 2.91 bits per heavy atom. The zero-order valence-electron chi connectivity index (χ0n) is 18.1. The fraction of sp³-hybridized carbons (Fsp3) is 0.300. The van der Waals surface area contributed by atoms with Crippen molar-refractivity contribution in [1.82, 2.24) is 15.2 Å². The maximum atomic E-state index is 12.9. The minimum atomic E-state index is -1.17. The molecule has 1 fully saturated rings. The van der Waals surface area contributed by atoms with E-state index in [1.54, 1.807) is 5.38 Å². The number of hydrogen-bond donors (Lipinski definition) is 3. The Morgan fingerprint density at radius 2 is 2.26 bits per heavy atom. The Balaban J connectivity index is 1.50. The number of carbonyl (C=O) groups excluding carboxylic acids is 2. The number of amides is 2. The average Bonchev–Trinajstić information content (AvgIpc) is 3.25. The number of nitrogens with two attached hydrogens (primary N) is 1. The molecule has 2 aromatic heterocycles. The highest BCUT2D eigenvalue weighted by Gasteiger charge is 2.54. The SMILES string of the molecule is CON=C(C(=O)N[C@@H]1C(=O)N2C(C(=O)O)=C(CSc3cccc[n+]3C)CS[C@H]12)c1csc(N)n1. The van der Waals surface area contributed by atoms with Crippen LogP contribution in [0.15, 0.2) is 51.2 Å². The van der Waals surface area contributed by atoms with Gasteiger partial charge in [-0.2, -0.15) is 4.57 Å². The summed E-state index contributed by atoms with van der Waals surface area (Å²) in [4.78, 5) is 47.9. The standard InChI is InChI=1S/C20H20N6O5S3/c1-25-6-4-3-5-12(25)32-7-10-8-33-18-14(17(28)26(18)15(10)19(29)30)23-16(27)13(24-31-2)11-9-34-20(21)22-11/h3-6,9,14,18H,7-8H2,1-2H3,(H3-,21,22,23,27,29,30)/p+1/t14-,18-/m1/s1. The molecule has 0 spiro atoms. The number of carbonyl (C=O) groups is 3. The summed E-state index contributed by atoms with van der Waals surface area (Å²) in [6.45, 7) is 0. The van der Waals surface area contributed by atoms with Crippen molar-refractivity contribution in [2.75, 3.05) is 24.3 Å². The summed E-state index contributed by atoms with van der Waals surface area (Å²) < 4.78 is 1.94. The van der Waals surface area contributed by atoms with E-state index >= 15 is 0 Å². The number of thiazole rings is 1. The van der Waals surface area contributed by atoms with Crippen molar-refractivity contribution in [2.24, 2.45) is 12.2 Å². The van der Waals surface area contributed by atoms with Crippen LogP contribution < -0.4 is 15.6 Å². The first-order valence-electron chi connectivity index (χ1n) is 9.92. The van der Waals surface area contributed by atoms with E-state index in [4.69, 9.17) is 10.6 Å². The molecule has 2 atom stereocenters. The number of carboxylic acids is 1. The second-order valence-electron chi connectivity index (χ2n) is 7.25. The third-order valence-corrected chi connectivity index (χ3v) is 8.33. The number of nitrogens with zero attached hydrogens (tertiary/aromatic N) is 4. The quantitative estimate of drug-likeness (QED) is 0.148. The molecule has 4 heterocycles. The number of rotatable bonds is 8. The van der Waals surface area contributed by atoms with E-state index in [1.165, 1.54) is 35.5 Å². The first kappa shape index (κ1) is 24.0. The lowest BCUT2D eigenvalue weighted by atomic mass is 10.0. The molecular weight excluding hydrogens is 500 g/mol. The van der Waals surface area contributed by atoms with Gasteiger partial charge in [0.25, 0.3) is 11.8 Å². The van der Waals surface area contributed by atoms with Gasteiger partial charge in [0.1, 0.15) is 37.0 Å². The zero-order valence-corrected chi connectivity index (χ0v) is 20.6. The summed E-state index contributed by atoms with van der Waals surface area (Å²) in [5.74, 6) is -1.48. The normalized spacial score (nSPS) is 20.0. The van der Waals surface area contributed by atoms with Crippen molar-refractivity contribution in [1.29, 1.82) is 0 Å². The largest absolute Gasteiger partial charge is 0.477 e. The van der Waals surface area contributed by atoms with Crippen molar-refractivity contribution < 1.29 is 28.9 Å². The van der Waals surface area contributed by atoms with Crippen LogP contribution in [0.4, 0.5) is 5.13 Å². The van der Waals surface area contributed by atoms with Gasteiger partial charge < -0.3 is 21.0 Å². The molecule has 0 radical (unpaired) electrons. The number of carboxylic acid groups (broad SMARTS) is 1. The van der Waals surface area contributed by atoms with Crippen molar-refractivity contribution in [3.63, 3.8) is 0 Å². The van der Waals surface area contributed by atoms with Crippen LogP contribution in [0.3, 0.4) is 0 Å². The predicted molar refractivity (Wildman–Crippen MR) is 128 cm³/mol. The molecule has 2 aromatic rings. The van der Waals surface area contributed by atoms with E-state index in [-0.39, 0.29) is 22.2 Å². The highest BCUT2D eigenvalue weighted by atomic mass is 32.2. The van der Waals surface area contributed by atoms with Gasteiger partial charge in [0.15, 0.2) is 17.0 Å². The summed E-state index contributed by atoms with van der Waals surface area (Å²) in [6.07, 6.45) is 1.91. The molecule has 0 unspecified atom stereocenters. The Labute approximate surface area is 207 Å². The topological polar surface area (TPSA) is 151 Å². The highest BCUT2D eigenvalue weighted by molar-refractivity contribution is 8.01. The lowest BCUT2D eigenvalue weighted by Gasteiger charge is -2.49. The fourth-order valence-corrected chi connectivity index (χ4v) is 6.54. The summed E-state index contributed by atoms with van der Waals surface area (Å²) in [5, 5.41) is 18.5. The molecule has 0 aromatic carbocycles. The van der Waals surface area contributed by atoms with Gasteiger partial charge >= 0.3 is 5.97 Å². The number of pyridine rings is 1. The molecular formula is C20H21N6O5S3+. The number of fused-ring (bicyclic) bond motifs is 1. The number of nitrogen functional groups attached to an aromatic ring is 1. The second-order valence-corrected chi connectivity index (χ2v) is 10.2. The van der Waals surface area contributed by atoms with Gasteiger partial charge in [0.2, 0.25) is 5.03 Å². The third-order valence-electron chi connectivity index (χ3n) is 5.10. The Bertz CT molecular complexity index is 1210. The molecule has 11 nitrogen and oxygen atoms in total. The monoisotopic (exact) mass is 521 g/mol. The van der Waals surface area contributed by atoms with Crippen molar-refractivity contribution in [3.8, 4) is 0 Å². The van der Waals surface area contributed by atoms with Crippen LogP contribution in [-0.2, 0) is 26.3 Å². The first-order chi connectivity index (χ1) is 16.3. The van der Waals surface area contributed by atoms with Crippen LogP contribution in [0.5, 0.6) is 0 Å². The number of anilines is 1. The van der Waals surface area contributed by atoms with E-state index in [0.717, 1.165) is 16.4 Å². The van der Waals surface area contributed by atoms with Gasteiger partial charge in [0, 0.05) is 29.0 Å². The average molecular weight is 522 g/mol.